The SMILES string of the molecule is CCC(C)(CCCNc1nc2cc(Cl)c(Cl)cc2nc1-c1ccccn1)NN. The van der Waals surface area contributed by atoms with Crippen LogP contribution in [0.3, 0.4) is 0 Å². The summed E-state index contributed by atoms with van der Waals surface area (Å²) in [6.07, 6.45) is 4.56. The van der Waals surface area contributed by atoms with Crippen LogP contribution >= 0.6 is 23.2 Å². The van der Waals surface area contributed by atoms with E-state index in [2.05, 4.69) is 29.6 Å². The van der Waals surface area contributed by atoms with Crippen LogP contribution in [-0.2, 0) is 0 Å². The van der Waals surface area contributed by atoms with Gasteiger partial charge >= 0.3 is 0 Å². The highest BCUT2D eigenvalue weighted by Crippen LogP contribution is 2.30. The Balaban J connectivity index is 1.89. The first-order valence-corrected chi connectivity index (χ1v) is 10.0. The molecule has 3 aromatic rings. The summed E-state index contributed by atoms with van der Waals surface area (Å²) in [7, 11) is 0. The van der Waals surface area contributed by atoms with Crippen molar-refractivity contribution in [3.8, 4) is 11.4 Å². The quantitative estimate of drug-likeness (QED) is 0.276. The molecule has 8 heteroatoms. The topological polar surface area (TPSA) is 88.8 Å². The van der Waals surface area contributed by atoms with Crippen molar-refractivity contribution < 1.29 is 0 Å². The van der Waals surface area contributed by atoms with Crippen LogP contribution in [0.5, 0.6) is 0 Å². The van der Waals surface area contributed by atoms with Crippen molar-refractivity contribution >= 4 is 40.1 Å². The lowest BCUT2D eigenvalue weighted by Gasteiger charge is -2.27. The Morgan fingerprint density at radius 3 is 2.43 bits per heavy atom. The monoisotopic (exact) mass is 418 g/mol. The van der Waals surface area contributed by atoms with E-state index in [1.54, 1.807) is 18.3 Å². The third-order valence-corrected chi connectivity index (χ3v) is 5.66. The Morgan fingerprint density at radius 2 is 1.82 bits per heavy atom. The highest BCUT2D eigenvalue weighted by Gasteiger charge is 2.19. The van der Waals surface area contributed by atoms with Gasteiger partial charge in [0.1, 0.15) is 5.69 Å². The summed E-state index contributed by atoms with van der Waals surface area (Å²) in [6.45, 7) is 4.97. The third kappa shape index (κ3) is 4.70. The summed E-state index contributed by atoms with van der Waals surface area (Å²) < 4.78 is 0. The van der Waals surface area contributed by atoms with E-state index in [0.717, 1.165) is 31.5 Å². The van der Waals surface area contributed by atoms with Crippen LogP contribution in [0.2, 0.25) is 10.0 Å². The first-order valence-electron chi connectivity index (χ1n) is 9.25. The van der Waals surface area contributed by atoms with Crippen molar-refractivity contribution in [1.29, 1.82) is 0 Å². The number of benzene rings is 1. The van der Waals surface area contributed by atoms with E-state index in [1.165, 1.54) is 0 Å². The number of nitrogens with zero attached hydrogens (tertiary/aromatic N) is 3. The van der Waals surface area contributed by atoms with Gasteiger partial charge in [-0.25, -0.2) is 9.97 Å². The molecule has 0 spiro atoms. The molecule has 2 heterocycles. The molecule has 0 aliphatic heterocycles. The zero-order chi connectivity index (χ0) is 20.1. The van der Waals surface area contributed by atoms with Crippen molar-refractivity contribution in [2.45, 2.75) is 38.6 Å². The van der Waals surface area contributed by atoms with Crippen LogP contribution < -0.4 is 16.6 Å². The van der Waals surface area contributed by atoms with Crippen molar-refractivity contribution in [2.75, 3.05) is 11.9 Å². The van der Waals surface area contributed by atoms with Gasteiger partial charge < -0.3 is 5.32 Å². The van der Waals surface area contributed by atoms with E-state index in [-0.39, 0.29) is 5.54 Å². The van der Waals surface area contributed by atoms with Crippen LogP contribution in [0.4, 0.5) is 5.82 Å². The van der Waals surface area contributed by atoms with Gasteiger partial charge in [-0.3, -0.25) is 16.3 Å². The molecule has 0 radical (unpaired) electrons. The van der Waals surface area contributed by atoms with Gasteiger partial charge in [0.2, 0.25) is 0 Å². The van der Waals surface area contributed by atoms with Crippen molar-refractivity contribution in [2.24, 2.45) is 5.84 Å². The first kappa shape index (κ1) is 20.7. The fraction of sp³-hybridized carbons (Fsp3) is 0.350. The predicted octanol–water partition coefficient (Wildman–Crippen LogP) is 4.82. The molecule has 0 amide bonds. The number of anilines is 1. The molecule has 148 valence electrons. The van der Waals surface area contributed by atoms with Gasteiger partial charge in [-0.05, 0) is 50.5 Å². The van der Waals surface area contributed by atoms with E-state index in [1.807, 2.05) is 18.2 Å². The molecule has 0 saturated heterocycles. The van der Waals surface area contributed by atoms with Crippen molar-refractivity contribution in [3.63, 3.8) is 0 Å². The molecule has 1 unspecified atom stereocenters. The lowest BCUT2D eigenvalue weighted by atomic mass is 9.94. The lowest BCUT2D eigenvalue weighted by Crippen LogP contribution is -2.46. The fourth-order valence-electron chi connectivity index (χ4n) is 2.89. The number of aromatic nitrogens is 3. The summed E-state index contributed by atoms with van der Waals surface area (Å²) in [6, 6.07) is 9.15. The summed E-state index contributed by atoms with van der Waals surface area (Å²) in [5, 5.41) is 4.30. The number of hydrazine groups is 1. The number of pyridine rings is 1. The molecule has 3 rings (SSSR count). The van der Waals surface area contributed by atoms with E-state index >= 15 is 0 Å². The van der Waals surface area contributed by atoms with E-state index < -0.39 is 0 Å². The van der Waals surface area contributed by atoms with E-state index in [0.29, 0.717) is 32.6 Å². The maximum absolute atomic E-state index is 6.15. The fourth-order valence-corrected chi connectivity index (χ4v) is 3.21. The molecule has 0 saturated carbocycles. The molecule has 0 aliphatic rings. The minimum Gasteiger partial charge on any atom is -0.368 e. The number of hydrogen-bond acceptors (Lipinski definition) is 6. The number of rotatable bonds is 8. The molecule has 1 atom stereocenters. The van der Waals surface area contributed by atoms with Gasteiger partial charge in [-0.1, -0.05) is 36.2 Å². The summed E-state index contributed by atoms with van der Waals surface area (Å²) in [5.74, 6) is 6.35. The Bertz CT molecular complexity index is 944. The molecule has 2 aromatic heterocycles. The van der Waals surface area contributed by atoms with Crippen LogP contribution in [0.25, 0.3) is 22.4 Å². The van der Waals surface area contributed by atoms with Gasteiger partial charge in [-0.15, -0.1) is 0 Å². The average Bonchev–Trinajstić information content (AvgIpc) is 2.72. The molecule has 0 fully saturated rings. The normalized spacial score (nSPS) is 13.5. The number of halogens is 2. The highest BCUT2D eigenvalue weighted by atomic mass is 35.5. The second-order valence-electron chi connectivity index (χ2n) is 6.98. The molecule has 6 nitrogen and oxygen atoms in total. The molecule has 4 N–H and O–H groups in total. The minimum absolute atomic E-state index is 0.0785. The lowest BCUT2D eigenvalue weighted by molar-refractivity contribution is 0.320. The Labute approximate surface area is 174 Å². The van der Waals surface area contributed by atoms with Gasteiger partial charge in [0.25, 0.3) is 0 Å². The third-order valence-electron chi connectivity index (χ3n) is 4.94. The van der Waals surface area contributed by atoms with Crippen molar-refractivity contribution in [1.82, 2.24) is 20.4 Å². The molecule has 0 bridgehead atoms. The highest BCUT2D eigenvalue weighted by molar-refractivity contribution is 6.42. The Morgan fingerprint density at radius 1 is 1.11 bits per heavy atom. The van der Waals surface area contributed by atoms with Gasteiger partial charge in [-0.2, -0.15) is 0 Å². The van der Waals surface area contributed by atoms with Gasteiger partial charge in [0.15, 0.2) is 5.82 Å². The van der Waals surface area contributed by atoms with Crippen molar-refractivity contribution in [3.05, 3.63) is 46.6 Å². The zero-order valence-corrected chi connectivity index (χ0v) is 17.5. The number of nitrogens with two attached hydrogens (primary N) is 1. The summed E-state index contributed by atoms with van der Waals surface area (Å²) >= 11 is 12.3. The van der Waals surface area contributed by atoms with Crippen LogP contribution in [0.1, 0.15) is 33.1 Å². The second kappa shape index (κ2) is 9.01. The van der Waals surface area contributed by atoms with Gasteiger partial charge in [0.05, 0.1) is 26.8 Å². The van der Waals surface area contributed by atoms with Crippen LogP contribution in [0.15, 0.2) is 36.5 Å². The Hall–Kier alpha value is -1.99. The molecular weight excluding hydrogens is 395 g/mol. The zero-order valence-electron chi connectivity index (χ0n) is 16.0. The summed E-state index contributed by atoms with van der Waals surface area (Å²) in [4.78, 5) is 13.9. The average molecular weight is 419 g/mol. The number of hydrogen-bond donors (Lipinski definition) is 3. The molecule has 28 heavy (non-hydrogen) atoms. The number of nitrogens with one attached hydrogen (secondary N) is 2. The van der Waals surface area contributed by atoms with E-state index in [4.69, 9.17) is 39.0 Å². The Kier molecular flexibility index (Phi) is 6.67. The van der Waals surface area contributed by atoms with Gasteiger partial charge in [0, 0.05) is 18.3 Å². The smallest absolute Gasteiger partial charge is 0.154 e. The van der Waals surface area contributed by atoms with Crippen LogP contribution in [-0.4, -0.2) is 27.0 Å². The van der Waals surface area contributed by atoms with E-state index in [9.17, 15) is 0 Å². The maximum Gasteiger partial charge on any atom is 0.154 e. The molecule has 0 aliphatic carbocycles. The summed E-state index contributed by atoms with van der Waals surface area (Å²) in [5.41, 5.74) is 5.61. The minimum atomic E-state index is -0.0785. The second-order valence-corrected chi connectivity index (χ2v) is 7.79. The van der Waals surface area contributed by atoms with Crippen LogP contribution in [0, 0.1) is 0 Å². The molecule has 1 aromatic carbocycles. The predicted molar refractivity (Wildman–Crippen MR) is 117 cm³/mol. The first-order chi connectivity index (χ1) is 13.5. The standard InChI is InChI=1S/C20H24Cl2N6/c1-3-20(2,28-23)8-6-10-25-19-18(15-7-4-5-9-24-15)26-16-11-13(21)14(22)12-17(16)27-19/h4-5,7,9,11-12,28H,3,6,8,10,23H2,1-2H3,(H,25,27). The molecular formula is C20H24Cl2N6. The maximum atomic E-state index is 6.15. The largest absolute Gasteiger partial charge is 0.368 e. The number of fused-ring (bicyclic) bond motifs is 1.